The number of hydrogen-bond acceptors (Lipinski definition) is 5. The lowest BCUT2D eigenvalue weighted by molar-refractivity contribution is -0.385. The molecule has 9 heteroatoms. The Hall–Kier alpha value is -3.20. The summed E-state index contributed by atoms with van der Waals surface area (Å²) in [5, 5.41) is 22.0. The number of rotatable bonds is 5. The largest absolute Gasteiger partial charge is 0.273 e. The predicted octanol–water partition coefficient (Wildman–Crippen LogP) is 4.10. The van der Waals surface area contributed by atoms with Gasteiger partial charge in [-0.25, -0.2) is 9.49 Å². The molecule has 3 aromatic rings. The summed E-state index contributed by atoms with van der Waals surface area (Å²) in [5.41, 5.74) is 1.43. The molecule has 132 valence electrons. The van der Waals surface area contributed by atoms with Gasteiger partial charge in [0.25, 0.3) is 5.69 Å². The lowest BCUT2D eigenvalue weighted by Crippen LogP contribution is -1.98. The highest BCUT2D eigenvalue weighted by Gasteiger charge is 2.14. The molecule has 0 saturated carbocycles. The molecular formula is C17H14FN5O2S. The molecule has 0 bridgehead atoms. The van der Waals surface area contributed by atoms with Crippen LogP contribution in [0, 0.1) is 20.7 Å². The van der Waals surface area contributed by atoms with Crippen LogP contribution in [-0.4, -0.2) is 26.0 Å². The monoisotopic (exact) mass is 371 g/mol. The van der Waals surface area contributed by atoms with Crippen molar-refractivity contribution in [2.75, 3.05) is 0 Å². The fourth-order valence-corrected chi connectivity index (χ4v) is 2.65. The Kier molecular flexibility index (Phi) is 4.99. The van der Waals surface area contributed by atoms with Crippen LogP contribution in [0.4, 0.5) is 10.1 Å². The zero-order chi connectivity index (χ0) is 18.7. The van der Waals surface area contributed by atoms with Crippen molar-refractivity contribution in [3.63, 3.8) is 0 Å². The number of nitro benzene ring substituents is 1. The number of aryl methyl sites for hydroxylation is 1. The van der Waals surface area contributed by atoms with Gasteiger partial charge in [0.15, 0.2) is 5.82 Å². The number of nitrogens with zero attached hydrogens (tertiary/aromatic N) is 4. The van der Waals surface area contributed by atoms with Crippen LogP contribution in [0.15, 0.2) is 47.6 Å². The van der Waals surface area contributed by atoms with Gasteiger partial charge in [0.05, 0.1) is 16.7 Å². The lowest BCUT2D eigenvalue weighted by atomic mass is 10.1. The van der Waals surface area contributed by atoms with E-state index < -0.39 is 10.7 Å². The Balaban J connectivity index is 2.02. The van der Waals surface area contributed by atoms with Crippen molar-refractivity contribution in [3.8, 4) is 11.4 Å². The molecule has 1 heterocycles. The number of benzene rings is 2. The molecule has 0 radical (unpaired) electrons. The Morgan fingerprint density at radius 1 is 1.38 bits per heavy atom. The predicted molar refractivity (Wildman–Crippen MR) is 98.3 cm³/mol. The molecule has 2 aromatic carbocycles. The standard InChI is InChI=1S/C17H14FN5O2S/c1-2-12-8-7-11(9-15(12)23(24)25)10-19-22-16(20-21-17(22)26)13-5-3-4-6-14(13)18/h3-10H,2H2,1H3,(H,21,26)/b19-10-. The van der Waals surface area contributed by atoms with Crippen molar-refractivity contribution < 1.29 is 9.31 Å². The number of aromatic nitrogens is 3. The van der Waals surface area contributed by atoms with Crippen molar-refractivity contribution in [1.29, 1.82) is 0 Å². The van der Waals surface area contributed by atoms with E-state index in [0.717, 1.165) is 0 Å². The molecule has 0 atom stereocenters. The lowest BCUT2D eigenvalue weighted by Gasteiger charge is -2.03. The molecule has 1 N–H and O–H groups in total. The third kappa shape index (κ3) is 3.42. The number of aromatic amines is 1. The zero-order valence-corrected chi connectivity index (χ0v) is 14.5. The SMILES string of the molecule is CCc1ccc(/C=N\n2c(-c3ccccc3F)n[nH]c2=S)cc1[N+](=O)[O-]. The average Bonchev–Trinajstić information content (AvgIpc) is 3.00. The number of nitro groups is 1. The third-order valence-electron chi connectivity index (χ3n) is 3.77. The minimum atomic E-state index is -0.458. The molecule has 0 amide bonds. The maximum absolute atomic E-state index is 14.0. The van der Waals surface area contributed by atoms with E-state index in [1.54, 1.807) is 30.3 Å². The Labute approximate surface area is 153 Å². The first-order chi connectivity index (χ1) is 12.5. The summed E-state index contributed by atoms with van der Waals surface area (Å²) in [6.45, 7) is 1.85. The van der Waals surface area contributed by atoms with E-state index in [-0.39, 0.29) is 21.8 Å². The van der Waals surface area contributed by atoms with Crippen molar-refractivity contribution in [2.45, 2.75) is 13.3 Å². The van der Waals surface area contributed by atoms with Crippen molar-refractivity contribution >= 4 is 24.1 Å². The van der Waals surface area contributed by atoms with E-state index >= 15 is 0 Å². The first kappa shape index (κ1) is 17.6. The topological polar surface area (TPSA) is 89.1 Å². The van der Waals surface area contributed by atoms with Crippen LogP contribution >= 0.6 is 12.2 Å². The highest BCUT2D eigenvalue weighted by Crippen LogP contribution is 2.22. The molecule has 7 nitrogen and oxygen atoms in total. The van der Waals surface area contributed by atoms with Gasteiger partial charge in [-0.2, -0.15) is 14.9 Å². The van der Waals surface area contributed by atoms with Crippen LogP contribution < -0.4 is 0 Å². The summed E-state index contributed by atoms with van der Waals surface area (Å²) in [4.78, 5) is 10.8. The molecule has 0 aliphatic carbocycles. The molecule has 0 aliphatic rings. The fourth-order valence-electron chi connectivity index (χ4n) is 2.47. The van der Waals surface area contributed by atoms with E-state index in [1.807, 2.05) is 6.92 Å². The van der Waals surface area contributed by atoms with Crippen LogP contribution in [0.5, 0.6) is 0 Å². The molecular weight excluding hydrogens is 357 g/mol. The zero-order valence-electron chi connectivity index (χ0n) is 13.7. The van der Waals surface area contributed by atoms with Crippen molar-refractivity contribution in [2.24, 2.45) is 5.10 Å². The number of halogens is 1. The van der Waals surface area contributed by atoms with E-state index in [1.165, 1.54) is 23.0 Å². The molecule has 0 spiro atoms. The van der Waals surface area contributed by atoms with E-state index in [0.29, 0.717) is 17.5 Å². The van der Waals surface area contributed by atoms with Gasteiger partial charge in [-0.05, 0) is 30.8 Å². The van der Waals surface area contributed by atoms with Crippen molar-refractivity contribution in [3.05, 3.63) is 74.3 Å². The van der Waals surface area contributed by atoms with Gasteiger partial charge in [0.1, 0.15) is 5.82 Å². The Bertz CT molecular complexity index is 1060. The Morgan fingerprint density at radius 2 is 2.15 bits per heavy atom. The summed E-state index contributed by atoms with van der Waals surface area (Å²) in [7, 11) is 0. The van der Waals surface area contributed by atoms with Gasteiger partial charge < -0.3 is 0 Å². The molecule has 1 aromatic heterocycles. The second-order valence-electron chi connectivity index (χ2n) is 5.39. The summed E-state index contributed by atoms with van der Waals surface area (Å²) < 4.78 is 15.5. The molecule has 0 aliphatic heterocycles. The van der Waals surface area contributed by atoms with Crippen LogP contribution in [0.1, 0.15) is 18.1 Å². The summed E-state index contributed by atoms with van der Waals surface area (Å²) >= 11 is 5.14. The number of hydrogen-bond donors (Lipinski definition) is 1. The summed E-state index contributed by atoms with van der Waals surface area (Å²) in [5.74, 6) is -0.245. The van der Waals surface area contributed by atoms with Crippen LogP contribution in [0.2, 0.25) is 0 Å². The van der Waals surface area contributed by atoms with E-state index in [4.69, 9.17) is 12.2 Å². The summed E-state index contributed by atoms with van der Waals surface area (Å²) in [6.07, 6.45) is 1.97. The van der Waals surface area contributed by atoms with Crippen LogP contribution in [0.3, 0.4) is 0 Å². The quantitative estimate of drug-likeness (QED) is 0.316. The van der Waals surface area contributed by atoms with E-state index in [2.05, 4.69) is 15.3 Å². The van der Waals surface area contributed by atoms with Gasteiger partial charge >= 0.3 is 0 Å². The van der Waals surface area contributed by atoms with Crippen molar-refractivity contribution in [1.82, 2.24) is 14.9 Å². The first-order valence-electron chi connectivity index (χ1n) is 7.75. The average molecular weight is 371 g/mol. The van der Waals surface area contributed by atoms with Gasteiger partial charge in [-0.1, -0.05) is 31.2 Å². The molecule has 0 saturated heterocycles. The molecule has 0 fully saturated rings. The minimum Gasteiger partial charge on any atom is -0.258 e. The number of nitrogens with one attached hydrogen (secondary N) is 1. The fraction of sp³-hybridized carbons (Fsp3) is 0.118. The Morgan fingerprint density at radius 3 is 2.85 bits per heavy atom. The molecule has 0 unspecified atom stereocenters. The van der Waals surface area contributed by atoms with Gasteiger partial charge in [0.2, 0.25) is 4.77 Å². The highest BCUT2D eigenvalue weighted by atomic mass is 32.1. The van der Waals surface area contributed by atoms with Gasteiger partial charge in [0, 0.05) is 17.2 Å². The van der Waals surface area contributed by atoms with Crippen LogP contribution in [-0.2, 0) is 6.42 Å². The van der Waals surface area contributed by atoms with E-state index in [9.17, 15) is 14.5 Å². The maximum atomic E-state index is 14.0. The molecule has 26 heavy (non-hydrogen) atoms. The molecule has 3 rings (SSSR count). The summed E-state index contributed by atoms with van der Waals surface area (Å²) in [6, 6.07) is 11.0. The smallest absolute Gasteiger partial charge is 0.258 e. The highest BCUT2D eigenvalue weighted by molar-refractivity contribution is 7.71. The van der Waals surface area contributed by atoms with Crippen LogP contribution in [0.25, 0.3) is 11.4 Å². The normalized spacial score (nSPS) is 11.2. The number of H-pyrrole nitrogens is 1. The second-order valence-corrected chi connectivity index (χ2v) is 5.77. The minimum absolute atomic E-state index is 0.0292. The maximum Gasteiger partial charge on any atom is 0.273 e. The second kappa shape index (κ2) is 7.36. The first-order valence-corrected chi connectivity index (χ1v) is 8.16. The third-order valence-corrected chi connectivity index (χ3v) is 4.04. The van der Waals surface area contributed by atoms with Gasteiger partial charge in [-0.15, -0.1) is 0 Å². The van der Waals surface area contributed by atoms with Gasteiger partial charge in [-0.3, -0.25) is 10.1 Å².